The van der Waals surface area contributed by atoms with E-state index in [9.17, 15) is 9.00 Å². The van der Waals surface area contributed by atoms with E-state index in [0.29, 0.717) is 19.8 Å². The monoisotopic (exact) mass is 478 g/mol. The lowest BCUT2D eigenvalue weighted by molar-refractivity contribution is 0.0649. The molecular weight excluding hydrogens is 448 g/mol. The molecular formula is C22H30N4O4S2. The summed E-state index contributed by atoms with van der Waals surface area (Å²) in [6, 6.07) is 1.63. The lowest BCUT2D eigenvalue weighted by atomic mass is 9.99. The number of nitrogens with zero attached hydrogens (tertiary/aromatic N) is 2. The summed E-state index contributed by atoms with van der Waals surface area (Å²) in [5.74, 6) is 0.00382. The number of aromatic nitrogens is 1. The number of thiazole rings is 1. The van der Waals surface area contributed by atoms with Crippen LogP contribution in [0.2, 0.25) is 0 Å². The molecule has 2 unspecified atom stereocenters. The summed E-state index contributed by atoms with van der Waals surface area (Å²) in [6.07, 6.45) is 7.58. The van der Waals surface area contributed by atoms with Crippen molar-refractivity contribution in [2.24, 2.45) is 9.50 Å². The second-order valence-corrected chi connectivity index (χ2v) is 11.4. The third-order valence-electron chi connectivity index (χ3n) is 5.94. The first kappa shape index (κ1) is 23.3. The molecule has 2 amide bonds. The van der Waals surface area contributed by atoms with Gasteiger partial charge in [-0.2, -0.15) is 0 Å². The van der Waals surface area contributed by atoms with E-state index in [1.165, 1.54) is 39.8 Å². The molecule has 0 radical (unpaired) electrons. The van der Waals surface area contributed by atoms with Gasteiger partial charge in [-0.15, -0.1) is 15.7 Å². The van der Waals surface area contributed by atoms with Crippen molar-refractivity contribution in [3.63, 3.8) is 0 Å². The first-order valence-electron chi connectivity index (χ1n) is 10.9. The molecule has 1 aromatic heterocycles. The van der Waals surface area contributed by atoms with Crippen LogP contribution in [0.1, 0.15) is 52.9 Å². The number of aryl methyl sites for hydroxylation is 2. The van der Waals surface area contributed by atoms with Crippen molar-refractivity contribution in [2.75, 3.05) is 32.2 Å². The minimum atomic E-state index is -3.39. The van der Waals surface area contributed by atoms with Gasteiger partial charge in [0.2, 0.25) is 0 Å². The number of fused-ring (bicyclic) bond motifs is 2. The average Bonchev–Trinajstić information content (AvgIpc) is 3.50. The number of nitrogens with two attached hydrogens (primary N) is 1. The van der Waals surface area contributed by atoms with E-state index in [1.807, 2.05) is 6.92 Å². The number of ether oxygens (including phenoxy) is 2. The van der Waals surface area contributed by atoms with Gasteiger partial charge in [-0.3, -0.25) is 0 Å². The van der Waals surface area contributed by atoms with Crippen LogP contribution >= 0.6 is 11.3 Å². The molecule has 2 aliphatic carbocycles. The maximum absolute atomic E-state index is 13.1. The molecule has 0 aliphatic heterocycles. The Bertz CT molecular complexity index is 1090. The highest BCUT2D eigenvalue weighted by Crippen LogP contribution is 2.38. The van der Waals surface area contributed by atoms with Crippen LogP contribution in [0.5, 0.6) is 0 Å². The number of rotatable bonds is 8. The summed E-state index contributed by atoms with van der Waals surface area (Å²) < 4.78 is 27.7. The molecule has 0 saturated carbocycles. The van der Waals surface area contributed by atoms with Gasteiger partial charge in [0.05, 0.1) is 31.0 Å². The fraction of sp³-hybridized carbons (Fsp3) is 0.545. The fourth-order valence-corrected chi connectivity index (χ4v) is 6.49. The van der Waals surface area contributed by atoms with Crippen LogP contribution in [-0.4, -0.2) is 42.2 Å². The third-order valence-corrected chi connectivity index (χ3v) is 9.04. The number of carbonyl (C=O) groups is 1. The second-order valence-electron chi connectivity index (χ2n) is 8.31. The largest absolute Gasteiger partial charge is 0.382 e. The van der Waals surface area contributed by atoms with E-state index in [1.54, 1.807) is 7.11 Å². The summed E-state index contributed by atoms with van der Waals surface area (Å²) in [7, 11) is -1.77. The topological polar surface area (TPSA) is 116 Å². The van der Waals surface area contributed by atoms with Gasteiger partial charge in [0.15, 0.2) is 9.92 Å². The smallest absolute Gasteiger partial charge is 0.354 e. The zero-order valence-corrected chi connectivity index (χ0v) is 20.2. The Labute approximate surface area is 193 Å². The minimum absolute atomic E-state index is 0.00382. The highest BCUT2D eigenvalue weighted by atomic mass is 32.2. The number of nitrogens with one attached hydrogen (secondary N) is 1. The summed E-state index contributed by atoms with van der Waals surface area (Å²) in [5, 5.41) is 9.66. The quantitative estimate of drug-likeness (QED) is 0.560. The Hall–Kier alpha value is -1.85. The first-order valence-corrected chi connectivity index (χ1v) is 13.3. The molecule has 2 aromatic rings. The molecule has 10 heteroatoms. The summed E-state index contributed by atoms with van der Waals surface area (Å²) in [6.45, 7) is 3.45. The third kappa shape index (κ3) is 5.04. The van der Waals surface area contributed by atoms with Gasteiger partial charge in [0.25, 0.3) is 0 Å². The Morgan fingerprint density at radius 1 is 1.25 bits per heavy atom. The van der Waals surface area contributed by atoms with E-state index in [0.717, 1.165) is 49.2 Å². The molecule has 1 aromatic carbocycles. The van der Waals surface area contributed by atoms with Crippen LogP contribution in [0.3, 0.4) is 0 Å². The minimum Gasteiger partial charge on any atom is -0.382 e. The van der Waals surface area contributed by atoms with E-state index in [4.69, 9.17) is 14.6 Å². The number of benzene rings is 1. The first-order chi connectivity index (χ1) is 15.4. The molecule has 2 atom stereocenters. The van der Waals surface area contributed by atoms with Crippen LogP contribution in [0.15, 0.2) is 20.8 Å². The molecule has 174 valence electrons. The Morgan fingerprint density at radius 3 is 2.59 bits per heavy atom. The lowest BCUT2D eigenvalue weighted by Gasteiger charge is -2.15. The van der Waals surface area contributed by atoms with E-state index in [2.05, 4.69) is 20.7 Å². The number of anilines is 1. The van der Waals surface area contributed by atoms with Gasteiger partial charge >= 0.3 is 6.03 Å². The highest BCUT2D eigenvalue weighted by Gasteiger charge is 2.25. The Balaban J connectivity index is 1.49. The van der Waals surface area contributed by atoms with Crippen LogP contribution in [0.4, 0.5) is 10.5 Å². The zero-order chi connectivity index (χ0) is 22.7. The number of hydrogen-bond donors (Lipinski definition) is 2. The fourth-order valence-electron chi connectivity index (χ4n) is 4.37. The molecule has 2 aliphatic rings. The van der Waals surface area contributed by atoms with Crippen molar-refractivity contribution >= 4 is 33.0 Å². The van der Waals surface area contributed by atoms with Crippen LogP contribution in [0, 0.1) is 0 Å². The van der Waals surface area contributed by atoms with Crippen LogP contribution in [0.25, 0.3) is 0 Å². The normalized spacial score (nSPS) is 17.5. The van der Waals surface area contributed by atoms with Crippen LogP contribution in [-0.2, 0) is 45.1 Å². The second kappa shape index (κ2) is 9.96. The molecule has 0 spiro atoms. The number of urea groups is 1. The number of hydrogen-bond acceptors (Lipinski definition) is 6. The van der Waals surface area contributed by atoms with Crippen molar-refractivity contribution in [3.8, 4) is 0 Å². The standard InChI is InChI=1S/C22H30N4O4S2/c1-14(13-30-10-9-29-2)21-24-12-19(31-21)32(23,28)26-22(27)25-20-17-7-3-5-15(17)11-16-6-4-8-18(16)20/h11-12,14H,3-10,13H2,1-2H3,(H3,23,25,26,27,28). The van der Waals surface area contributed by atoms with E-state index >= 15 is 0 Å². The van der Waals surface area contributed by atoms with Crippen molar-refractivity contribution in [1.29, 1.82) is 0 Å². The van der Waals surface area contributed by atoms with E-state index < -0.39 is 15.9 Å². The maximum Gasteiger partial charge on any atom is 0.354 e. The van der Waals surface area contributed by atoms with Crippen molar-refractivity contribution < 1.29 is 18.5 Å². The van der Waals surface area contributed by atoms with Gasteiger partial charge in [0, 0.05) is 18.7 Å². The molecule has 32 heavy (non-hydrogen) atoms. The summed E-state index contributed by atoms with van der Waals surface area (Å²) in [5.41, 5.74) is 5.87. The number of carbonyl (C=O) groups excluding carboxylic acids is 1. The van der Waals surface area contributed by atoms with Crippen molar-refractivity contribution in [3.05, 3.63) is 39.5 Å². The molecule has 0 fully saturated rings. The molecule has 3 N–H and O–H groups in total. The molecule has 0 bridgehead atoms. The van der Waals surface area contributed by atoms with Gasteiger partial charge in [-0.1, -0.05) is 13.0 Å². The van der Waals surface area contributed by atoms with Gasteiger partial charge < -0.3 is 14.8 Å². The molecule has 8 nitrogen and oxygen atoms in total. The zero-order valence-electron chi connectivity index (χ0n) is 18.5. The maximum atomic E-state index is 13.1. The van der Waals surface area contributed by atoms with Crippen molar-refractivity contribution in [2.45, 2.75) is 55.6 Å². The summed E-state index contributed by atoms with van der Waals surface area (Å²) >= 11 is 1.20. The predicted molar refractivity (Wildman–Crippen MR) is 126 cm³/mol. The lowest BCUT2D eigenvalue weighted by Crippen LogP contribution is -2.18. The number of methoxy groups -OCH3 is 1. The Kier molecular flexibility index (Phi) is 7.26. The van der Waals surface area contributed by atoms with Crippen molar-refractivity contribution in [1.82, 2.24) is 4.98 Å². The Morgan fingerprint density at radius 2 is 1.94 bits per heavy atom. The SMILES string of the molecule is COCCOCC(C)c1ncc(S(N)(=O)=NC(=O)Nc2c3c(cc4c2CCC4)CCC3)s1. The molecule has 4 rings (SSSR count). The predicted octanol–water partition coefficient (Wildman–Crippen LogP) is 3.82. The molecule has 1 heterocycles. The van der Waals surface area contributed by atoms with Gasteiger partial charge in [-0.25, -0.2) is 19.1 Å². The van der Waals surface area contributed by atoms with Gasteiger partial charge in [-0.05, 0) is 60.8 Å². The average molecular weight is 479 g/mol. The number of amides is 2. The van der Waals surface area contributed by atoms with E-state index in [-0.39, 0.29) is 10.1 Å². The highest BCUT2D eigenvalue weighted by molar-refractivity contribution is 7.93. The van der Waals surface area contributed by atoms with Gasteiger partial charge in [0.1, 0.15) is 4.21 Å². The van der Waals surface area contributed by atoms with Crippen LogP contribution < -0.4 is 10.5 Å². The summed E-state index contributed by atoms with van der Waals surface area (Å²) in [4.78, 5) is 17.1. The molecule has 0 saturated heterocycles.